The molecule has 0 spiro atoms. The average Bonchev–Trinajstić information content (AvgIpc) is 2.45. The van der Waals surface area contributed by atoms with Crippen molar-refractivity contribution < 1.29 is 23.4 Å². The molecule has 2 rings (SSSR count). The molecule has 6 heteroatoms. The lowest BCUT2D eigenvalue weighted by Gasteiger charge is -2.16. The first-order chi connectivity index (χ1) is 10.5. The molecule has 1 unspecified atom stereocenters. The van der Waals surface area contributed by atoms with E-state index in [0.29, 0.717) is 11.4 Å². The molecule has 2 N–H and O–H groups in total. The first-order valence-electron chi connectivity index (χ1n) is 6.60. The second-order valence-corrected chi connectivity index (χ2v) is 4.64. The molecule has 1 amide bonds. The third-order valence-electron chi connectivity index (χ3n) is 2.93. The van der Waals surface area contributed by atoms with E-state index in [1.165, 1.54) is 13.0 Å². The third-order valence-corrected chi connectivity index (χ3v) is 2.93. The first-order valence-corrected chi connectivity index (χ1v) is 6.60. The van der Waals surface area contributed by atoms with Gasteiger partial charge in [0.15, 0.2) is 0 Å². The van der Waals surface area contributed by atoms with Crippen molar-refractivity contribution in [2.75, 3.05) is 11.9 Å². The molecule has 0 fully saturated rings. The molecule has 0 aliphatic rings. The lowest BCUT2D eigenvalue weighted by molar-refractivity contribution is -0.114. The van der Waals surface area contributed by atoms with E-state index in [2.05, 4.69) is 5.32 Å². The molecular formula is C16H15F2NO3. The van der Waals surface area contributed by atoms with Crippen molar-refractivity contribution in [1.82, 2.24) is 0 Å². The lowest BCUT2D eigenvalue weighted by Crippen LogP contribution is -2.14. The van der Waals surface area contributed by atoms with Gasteiger partial charge in [-0.05, 0) is 24.3 Å². The molecule has 116 valence electrons. The van der Waals surface area contributed by atoms with Gasteiger partial charge in [-0.3, -0.25) is 4.79 Å². The maximum absolute atomic E-state index is 13.6. The maximum Gasteiger partial charge on any atom is 0.221 e. The van der Waals surface area contributed by atoms with Crippen LogP contribution in [0.15, 0.2) is 42.5 Å². The van der Waals surface area contributed by atoms with Crippen molar-refractivity contribution in [2.45, 2.75) is 13.0 Å². The second-order valence-electron chi connectivity index (χ2n) is 4.64. The van der Waals surface area contributed by atoms with Crippen LogP contribution in [0.2, 0.25) is 0 Å². The summed E-state index contributed by atoms with van der Waals surface area (Å²) in [5.41, 5.74) is -0.0317. The quantitative estimate of drug-likeness (QED) is 0.892. The van der Waals surface area contributed by atoms with E-state index >= 15 is 0 Å². The number of aliphatic hydroxyl groups excluding tert-OH is 1. The Labute approximate surface area is 126 Å². The standard InChI is InChI=1S/C16H15F2NO3/c1-10(20)19-13-7-2-3-8-15(13)22-9-14(21)16-11(17)5-4-6-12(16)18/h2-8,14,21H,9H2,1H3,(H,19,20). The summed E-state index contributed by atoms with van der Waals surface area (Å²) in [5, 5.41) is 12.5. The van der Waals surface area contributed by atoms with Gasteiger partial charge in [-0.2, -0.15) is 0 Å². The highest BCUT2D eigenvalue weighted by Gasteiger charge is 2.19. The highest BCUT2D eigenvalue weighted by molar-refractivity contribution is 5.90. The SMILES string of the molecule is CC(=O)Nc1ccccc1OCC(O)c1c(F)cccc1F. The molecule has 0 bridgehead atoms. The monoisotopic (exact) mass is 307 g/mol. The Morgan fingerprint density at radius 3 is 2.45 bits per heavy atom. The van der Waals surface area contributed by atoms with Gasteiger partial charge < -0.3 is 15.2 Å². The Kier molecular flexibility index (Phi) is 5.06. The molecule has 0 aliphatic carbocycles. The Hall–Kier alpha value is -2.47. The van der Waals surface area contributed by atoms with E-state index in [-0.39, 0.29) is 12.5 Å². The van der Waals surface area contributed by atoms with Crippen molar-refractivity contribution in [3.63, 3.8) is 0 Å². The highest BCUT2D eigenvalue weighted by Crippen LogP contribution is 2.26. The van der Waals surface area contributed by atoms with Gasteiger partial charge in [-0.1, -0.05) is 18.2 Å². The van der Waals surface area contributed by atoms with Crippen LogP contribution in [0.4, 0.5) is 14.5 Å². The first kappa shape index (κ1) is 15.9. The third kappa shape index (κ3) is 3.79. The second kappa shape index (κ2) is 7.00. The predicted octanol–water partition coefficient (Wildman–Crippen LogP) is 3.04. The largest absolute Gasteiger partial charge is 0.488 e. The van der Waals surface area contributed by atoms with Crippen LogP contribution in [-0.4, -0.2) is 17.6 Å². The summed E-state index contributed by atoms with van der Waals surface area (Å²) in [6.07, 6.45) is -1.47. The predicted molar refractivity (Wildman–Crippen MR) is 77.6 cm³/mol. The molecule has 0 heterocycles. The van der Waals surface area contributed by atoms with Gasteiger partial charge in [0.2, 0.25) is 5.91 Å². The van der Waals surface area contributed by atoms with Crippen LogP contribution in [-0.2, 0) is 4.79 Å². The van der Waals surface area contributed by atoms with Gasteiger partial charge in [-0.15, -0.1) is 0 Å². The molecule has 4 nitrogen and oxygen atoms in total. The van der Waals surface area contributed by atoms with Crippen LogP contribution < -0.4 is 10.1 Å². The molecule has 1 atom stereocenters. The minimum absolute atomic E-state index is 0.281. The Bertz CT molecular complexity index is 656. The summed E-state index contributed by atoms with van der Waals surface area (Å²) >= 11 is 0. The van der Waals surface area contributed by atoms with E-state index in [1.54, 1.807) is 24.3 Å². The topological polar surface area (TPSA) is 58.6 Å². The fourth-order valence-electron chi connectivity index (χ4n) is 1.97. The van der Waals surface area contributed by atoms with E-state index in [9.17, 15) is 18.7 Å². The van der Waals surface area contributed by atoms with Crippen LogP contribution >= 0.6 is 0 Å². The molecule has 0 saturated carbocycles. The van der Waals surface area contributed by atoms with E-state index in [0.717, 1.165) is 12.1 Å². The summed E-state index contributed by atoms with van der Waals surface area (Å²) in [6, 6.07) is 9.91. The van der Waals surface area contributed by atoms with Crippen LogP contribution in [0.1, 0.15) is 18.6 Å². The van der Waals surface area contributed by atoms with Gasteiger partial charge in [0.25, 0.3) is 0 Å². The van der Waals surface area contributed by atoms with E-state index in [4.69, 9.17) is 4.74 Å². The average molecular weight is 307 g/mol. The zero-order valence-corrected chi connectivity index (χ0v) is 11.8. The number of carbonyl (C=O) groups is 1. The Balaban J connectivity index is 2.12. The number of nitrogens with one attached hydrogen (secondary N) is 1. The van der Waals surface area contributed by atoms with Gasteiger partial charge in [-0.25, -0.2) is 8.78 Å². The Morgan fingerprint density at radius 1 is 1.18 bits per heavy atom. The van der Waals surface area contributed by atoms with Gasteiger partial charge in [0, 0.05) is 6.92 Å². The van der Waals surface area contributed by atoms with Gasteiger partial charge in [0.1, 0.15) is 30.1 Å². The fourth-order valence-corrected chi connectivity index (χ4v) is 1.97. The van der Waals surface area contributed by atoms with Crippen molar-refractivity contribution >= 4 is 11.6 Å². The number of rotatable bonds is 5. The van der Waals surface area contributed by atoms with Crippen LogP contribution in [0.3, 0.4) is 0 Å². The maximum atomic E-state index is 13.6. The van der Waals surface area contributed by atoms with Crippen LogP contribution in [0, 0.1) is 11.6 Å². The fraction of sp³-hybridized carbons (Fsp3) is 0.188. The number of hydrogen-bond acceptors (Lipinski definition) is 3. The summed E-state index contributed by atoms with van der Waals surface area (Å²) in [6.45, 7) is 0.995. The van der Waals surface area contributed by atoms with Crippen molar-refractivity contribution in [2.24, 2.45) is 0 Å². The summed E-state index contributed by atoms with van der Waals surface area (Å²) < 4.78 is 32.5. The van der Waals surface area contributed by atoms with Crippen molar-refractivity contribution in [3.8, 4) is 5.75 Å². The number of aliphatic hydroxyl groups is 1. The molecule has 0 aromatic heterocycles. The zero-order valence-electron chi connectivity index (χ0n) is 11.8. The van der Waals surface area contributed by atoms with Gasteiger partial charge >= 0.3 is 0 Å². The molecule has 0 aliphatic heterocycles. The lowest BCUT2D eigenvalue weighted by atomic mass is 10.1. The number of para-hydroxylation sites is 2. The van der Waals surface area contributed by atoms with Crippen molar-refractivity contribution in [1.29, 1.82) is 0 Å². The number of halogens is 2. The Morgan fingerprint density at radius 2 is 1.82 bits per heavy atom. The minimum atomic E-state index is -1.47. The van der Waals surface area contributed by atoms with Gasteiger partial charge in [0.05, 0.1) is 11.3 Å². The number of ether oxygens (including phenoxy) is 1. The number of hydrogen-bond donors (Lipinski definition) is 2. The minimum Gasteiger partial charge on any atom is -0.488 e. The van der Waals surface area contributed by atoms with E-state index in [1.807, 2.05) is 0 Å². The number of carbonyl (C=O) groups excluding carboxylic acids is 1. The van der Waals surface area contributed by atoms with E-state index < -0.39 is 23.3 Å². The summed E-state index contributed by atoms with van der Waals surface area (Å²) in [5.74, 6) is -1.66. The summed E-state index contributed by atoms with van der Waals surface area (Å²) in [4.78, 5) is 11.1. The zero-order chi connectivity index (χ0) is 16.1. The van der Waals surface area contributed by atoms with Crippen molar-refractivity contribution in [3.05, 3.63) is 59.7 Å². The molecule has 2 aromatic carbocycles. The number of amides is 1. The molecule has 22 heavy (non-hydrogen) atoms. The van der Waals surface area contributed by atoms with Crippen LogP contribution in [0.25, 0.3) is 0 Å². The summed E-state index contributed by atoms with van der Waals surface area (Å²) in [7, 11) is 0. The smallest absolute Gasteiger partial charge is 0.221 e. The van der Waals surface area contributed by atoms with Crippen LogP contribution in [0.5, 0.6) is 5.75 Å². The molecular weight excluding hydrogens is 292 g/mol. The number of benzene rings is 2. The molecule has 0 saturated heterocycles. The highest BCUT2D eigenvalue weighted by atomic mass is 19.1. The number of anilines is 1. The normalized spacial score (nSPS) is 11.8. The molecule has 0 radical (unpaired) electrons. The molecule has 2 aromatic rings.